The first-order valence-electron chi connectivity index (χ1n) is 8.36. The average molecular weight is 376 g/mol. The van der Waals surface area contributed by atoms with Crippen molar-refractivity contribution in [3.8, 4) is 5.75 Å². The number of pyridine rings is 1. The summed E-state index contributed by atoms with van der Waals surface area (Å²) in [5.74, 6) is -0.973. The molecule has 0 fully saturated rings. The van der Waals surface area contributed by atoms with E-state index in [4.69, 9.17) is 9.26 Å². The fourth-order valence-corrected chi connectivity index (χ4v) is 2.66. The Labute approximate surface area is 158 Å². The van der Waals surface area contributed by atoms with Crippen LogP contribution in [0.15, 0.2) is 65.3 Å². The third-order valence-corrected chi connectivity index (χ3v) is 4.18. The monoisotopic (exact) mass is 376 g/mol. The van der Waals surface area contributed by atoms with Crippen molar-refractivity contribution in [3.63, 3.8) is 0 Å². The number of rotatable bonds is 4. The summed E-state index contributed by atoms with van der Waals surface area (Å²) >= 11 is 0. The van der Waals surface area contributed by atoms with E-state index in [1.807, 2.05) is 0 Å². The molecule has 0 saturated carbocycles. The zero-order chi connectivity index (χ0) is 19.7. The molecule has 0 N–H and O–H groups in total. The molecular formula is C21H13FN2O4. The molecule has 0 unspecified atom stereocenters. The van der Waals surface area contributed by atoms with Crippen LogP contribution in [0.25, 0.3) is 11.1 Å². The molecule has 2 heterocycles. The summed E-state index contributed by atoms with van der Waals surface area (Å²) in [5.41, 5.74) is 1.99. The lowest BCUT2D eigenvalue weighted by Gasteiger charge is -2.06. The van der Waals surface area contributed by atoms with Crippen LogP contribution in [-0.2, 0) is 0 Å². The minimum atomic E-state index is -0.590. The molecule has 0 atom stereocenters. The molecule has 4 rings (SSSR count). The molecule has 0 bridgehead atoms. The van der Waals surface area contributed by atoms with E-state index in [1.165, 1.54) is 42.6 Å². The summed E-state index contributed by atoms with van der Waals surface area (Å²) in [6.45, 7) is 1.75. The number of aromatic nitrogens is 2. The van der Waals surface area contributed by atoms with Gasteiger partial charge in [0.2, 0.25) is 0 Å². The Morgan fingerprint density at radius 3 is 2.29 bits per heavy atom. The summed E-state index contributed by atoms with van der Waals surface area (Å²) in [6, 6.07) is 13.0. The molecular weight excluding hydrogens is 363 g/mol. The number of carbonyl (C=O) groups is 2. The first kappa shape index (κ1) is 17.5. The van der Waals surface area contributed by atoms with Crippen LogP contribution >= 0.6 is 0 Å². The maximum Gasteiger partial charge on any atom is 0.345 e. The van der Waals surface area contributed by atoms with E-state index >= 15 is 0 Å². The number of ketones is 1. The summed E-state index contributed by atoms with van der Waals surface area (Å²) in [4.78, 5) is 28.8. The van der Waals surface area contributed by atoms with Crippen LogP contribution in [0.1, 0.15) is 32.0 Å². The lowest BCUT2D eigenvalue weighted by atomic mass is 10.0. The molecule has 4 aromatic rings. The van der Waals surface area contributed by atoms with Crippen LogP contribution in [0.5, 0.6) is 5.75 Å². The van der Waals surface area contributed by atoms with Gasteiger partial charge in [-0.25, -0.2) is 14.2 Å². The summed E-state index contributed by atoms with van der Waals surface area (Å²) in [5, 5.41) is 4.43. The minimum absolute atomic E-state index is 0.254. The zero-order valence-electron chi connectivity index (χ0n) is 14.7. The van der Waals surface area contributed by atoms with Gasteiger partial charge in [0, 0.05) is 17.3 Å². The van der Waals surface area contributed by atoms with E-state index in [1.54, 1.807) is 25.1 Å². The number of hydrogen-bond donors (Lipinski definition) is 0. The van der Waals surface area contributed by atoms with Crippen LogP contribution in [0, 0.1) is 12.7 Å². The summed E-state index contributed by atoms with van der Waals surface area (Å²) in [6.07, 6.45) is 1.35. The number of esters is 1. The van der Waals surface area contributed by atoms with Crippen LogP contribution in [0.2, 0.25) is 0 Å². The van der Waals surface area contributed by atoms with Crippen LogP contribution in [-0.4, -0.2) is 21.9 Å². The highest BCUT2D eigenvalue weighted by Crippen LogP contribution is 2.20. The number of aryl methyl sites for hydroxylation is 1. The number of halogens is 1. The summed E-state index contributed by atoms with van der Waals surface area (Å²) < 4.78 is 23.3. The molecule has 6 nitrogen and oxygen atoms in total. The third kappa shape index (κ3) is 3.37. The van der Waals surface area contributed by atoms with E-state index in [2.05, 4.69) is 10.1 Å². The standard InChI is InChI=1S/C21H13FN2O4/c1-12-18-10-15(11-23-20(18)28-24-12)21(26)27-17-8-4-14(5-9-17)19(25)13-2-6-16(22)7-3-13/h2-11H,1H3. The van der Waals surface area contributed by atoms with Crippen molar-refractivity contribution >= 4 is 22.9 Å². The van der Waals surface area contributed by atoms with Gasteiger partial charge in [-0.15, -0.1) is 0 Å². The van der Waals surface area contributed by atoms with Gasteiger partial charge in [-0.1, -0.05) is 5.16 Å². The number of fused-ring (bicyclic) bond motifs is 1. The smallest absolute Gasteiger partial charge is 0.345 e. The molecule has 28 heavy (non-hydrogen) atoms. The molecule has 138 valence electrons. The van der Waals surface area contributed by atoms with E-state index in [9.17, 15) is 14.0 Å². The van der Waals surface area contributed by atoms with Gasteiger partial charge in [0.25, 0.3) is 5.71 Å². The van der Waals surface area contributed by atoms with Gasteiger partial charge in [-0.05, 0) is 61.5 Å². The van der Waals surface area contributed by atoms with Crippen molar-refractivity contribution < 1.29 is 23.2 Å². The minimum Gasteiger partial charge on any atom is -0.423 e. The van der Waals surface area contributed by atoms with Gasteiger partial charge in [0.15, 0.2) is 5.78 Å². The van der Waals surface area contributed by atoms with Crippen molar-refractivity contribution in [2.75, 3.05) is 0 Å². The lowest BCUT2D eigenvalue weighted by molar-refractivity contribution is 0.0734. The molecule has 0 saturated heterocycles. The molecule has 0 aliphatic rings. The van der Waals surface area contributed by atoms with Crippen LogP contribution in [0.4, 0.5) is 4.39 Å². The highest BCUT2D eigenvalue weighted by Gasteiger charge is 2.14. The van der Waals surface area contributed by atoms with Gasteiger partial charge in [-0.2, -0.15) is 0 Å². The Balaban J connectivity index is 1.50. The second-order valence-electron chi connectivity index (χ2n) is 6.09. The second kappa shape index (κ2) is 7.03. The Morgan fingerprint density at radius 1 is 0.964 bits per heavy atom. The van der Waals surface area contributed by atoms with E-state index in [0.717, 1.165) is 0 Å². The normalized spacial score (nSPS) is 10.8. The third-order valence-electron chi connectivity index (χ3n) is 4.18. The SMILES string of the molecule is Cc1noc2ncc(C(=O)Oc3ccc(C(=O)c4ccc(F)cc4)cc3)cc12. The Hall–Kier alpha value is -3.87. The number of ether oxygens (including phenoxy) is 1. The number of hydrogen-bond acceptors (Lipinski definition) is 6. The Kier molecular flexibility index (Phi) is 4.41. The average Bonchev–Trinajstić information content (AvgIpc) is 3.09. The molecule has 0 aliphatic heterocycles. The van der Waals surface area contributed by atoms with Gasteiger partial charge < -0.3 is 9.26 Å². The van der Waals surface area contributed by atoms with Crippen LogP contribution in [0.3, 0.4) is 0 Å². The molecule has 0 spiro atoms. The molecule has 0 aliphatic carbocycles. The molecule has 2 aromatic heterocycles. The van der Waals surface area contributed by atoms with E-state index in [-0.39, 0.29) is 17.1 Å². The van der Waals surface area contributed by atoms with E-state index < -0.39 is 11.8 Å². The van der Waals surface area contributed by atoms with Gasteiger partial charge in [-0.3, -0.25) is 4.79 Å². The molecule has 7 heteroatoms. The Morgan fingerprint density at radius 2 is 1.61 bits per heavy atom. The maximum atomic E-state index is 13.0. The molecule has 0 radical (unpaired) electrons. The zero-order valence-corrected chi connectivity index (χ0v) is 14.7. The Bertz CT molecular complexity index is 1180. The summed E-state index contributed by atoms with van der Waals surface area (Å²) in [7, 11) is 0. The highest BCUT2D eigenvalue weighted by molar-refractivity contribution is 6.09. The number of nitrogens with zero attached hydrogens (tertiary/aromatic N) is 2. The number of benzene rings is 2. The fraction of sp³-hybridized carbons (Fsp3) is 0.0476. The van der Waals surface area contributed by atoms with Gasteiger partial charge in [0.05, 0.1) is 16.6 Å². The first-order chi connectivity index (χ1) is 13.5. The van der Waals surface area contributed by atoms with Crippen molar-refractivity contribution in [1.29, 1.82) is 0 Å². The van der Waals surface area contributed by atoms with Crippen molar-refractivity contribution in [1.82, 2.24) is 10.1 Å². The number of carbonyl (C=O) groups excluding carboxylic acids is 2. The predicted octanol–water partition coefficient (Wildman–Crippen LogP) is 4.12. The largest absolute Gasteiger partial charge is 0.423 e. The second-order valence-corrected chi connectivity index (χ2v) is 6.09. The highest BCUT2D eigenvalue weighted by atomic mass is 19.1. The van der Waals surface area contributed by atoms with Crippen molar-refractivity contribution in [3.05, 3.63) is 89.0 Å². The van der Waals surface area contributed by atoms with Gasteiger partial charge >= 0.3 is 5.97 Å². The topological polar surface area (TPSA) is 82.3 Å². The predicted molar refractivity (Wildman–Crippen MR) is 97.8 cm³/mol. The van der Waals surface area contributed by atoms with Crippen molar-refractivity contribution in [2.24, 2.45) is 0 Å². The lowest BCUT2D eigenvalue weighted by Crippen LogP contribution is -2.09. The molecule has 0 amide bonds. The molecule has 2 aromatic carbocycles. The maximum absolute atomic E-state index is 13.0. The fourth-order valence-electron chi connectivity index (χ4n) is 2.66. The van der Waals surface area contributed by atoms with Crippen molar-refractivity contribution in [2.45, 2.75) is 6.92 Å². The quantitative estimate of drug-likeness (QED) is 0.303. The van der Waals surface area contributed by atoms with E-state index in [0.29, 0.717) is 27.9 Å². The van der Waals surface area contributed by atoms with Gasteiger partial charge in [0.1, 0.15) is 11.6 Å². The van der Waals surface area contributed by atoms with Crippen LogP contribution < -0.4 is 4.74 Å². The first-order valence-corrected chi connectivity index (χ1v) is 8.36.